The first kappa shape index (κ1) is 29.6. The SMILES string of the molecule is CC1=C(/C=C/C(C)=C/C=C/C(C)=C\C(=O)N[C@H](CS(=O)(=O)O)C(=O)OC(C)C)C(C)(C)CCC1. The Hall–Kier alpha value is -2.45. The van der Waals surface area contributed by atoms with E-state index in [4.69, 9.17) is 9.29 Å². The number of rotatable bonds is 10. The molecule has 0 aliphatic heterocycles. The summed E-state index contributed by atoms with van der Waals surface area (Å²) in [5.41, 5.74) is 4.65. The second-order valence-corrected chi connectivity index (χ2v) is 11.2. The van der Waals surface area contributed by atoms with Crippen LogP contribution in [-0.4, -0.2) is 42.7 Å². The van der Waals surface area contributed by atoms with Gasteiger partial charge in [0.2, 0.25) is 5.91 Å². The van der Waals surface area contributed by atoms with Gasteiger partial charge in [0, 0.05) is 6.08 Å². The predicted molar refractivity (Wildman–Crippen MR) is 136 cm³/mol. The molecule has 1 aliphatic rings. The van der Waals surface area contributed by atoms with E-state index in [0.29, 0.717) is 5.57 Å². The largest absolute Gasteiger partial charge is 0.461 e. The van der Waals surface area contributed by atoms with Crippen LogP contribution in [0.4, 0.5) is 0 Å². The fourth-order valence-corrected chi connectivity index (χ4v) is 4.43. The molecule has 7 nitrogen and oxygen atoms in total. The fourth-order valence-electron chi connectivity index (χ4n) is 3.79. The van der Waals surface area contributed by atoms with E-state index >= 15 is 0 Å². The van der Waals surface area contributed by atoms with Gasteiger partial charge in [0.1, 0.15) is 11.8 Å². The first-order valence-corrected chi connectivity index (χ1v) is 13.1. The molecule has 0 saturated carbocycles. The summed E-state index contributed by atoms with van der Waals surface area (Å²) < 4.78 is 36.4. The third-order valence-corrected chi connectivity index (χ3v) is 6.22. The molecule has 8 heteroatoms. The Bertz CT molecular complexity index is 1010. The smallest absolute Gasteiger partial charge is 0.330 e. The molecule has 0 spiro atoms. The minimum Gasteiger partial charge on any atom is -0.461 e. The Morgan fingerprint density at radius 3 is 2.38 bits per heavy atom. The fraction of sp³-hybridized carbons (Fsp3) is 0.538. The zero-order valence-corrected chi connectivity index (χ0v) is 22.2. The number of amides is 1. The van der Waals surface area contributed by atoms with Crippen molar-refractivity contribution in [1.82, 2.24) is 5.32 Å². The lowest BCUT2D eigenvalue weighted by Crippen LogP contribution is -2.46. The van der Waals surface area contributed by atoms with Crippen LogP contribution in [-0.2, 0) is 24.4 Å². The van der Waals surface area contributed by atoms with E-state index in [1.165, 1.54) is 30.1 Å². The van der Waals surface area contributed by atoms with Crippen molar-refractivity contribution in [2.45, 2.75) is 79.9 Å². The van der Waals surface area contributed by atoms with E-state index < -0.39 is 39.9 Å². The molecule has 0 aromatic heterocycles. The molecule has 190 valence electrons. The summed E-state index contributed by atoms with van der Waals surface area (Å²) in [4.78, 5) is 24.3. The van der Waals surface area contributed by atoms with Gasteiger partial charge < -0.3 is 10.1 Å². The zero-order valence-electron chi connectivity index (χ0n) is 21.3. The second kappa shape index (κ2) is 12.9. The van der Waals surface area contributed by atoms with Gasteiger partial charge in [-0.1, -0.05) is 55.4 Å². The topological polar surface area (TPSA) is 110 Å². The summed E-state index contributed by atoms with van der Waals surface area (Å²) in [6.07, 6.45) is 14.0. The summed E-state index contributed by atoms with van der Waals surface area (Å²) in [7, 11) is -4.49. The van der Waals surface area contributed by atoms with Crippen molar-refractivity contribution < 1.29 is 27.3 Å². The molecular formula is C26H39NO6S. The van der Waals surface area contributed by atoms with E-state index in [2.05, 4.69) is 38.2 Å². The number of hydrogen-bond donors (Lipinski definition) is 2. The van der Waals surface area contributed by atoms with Gasteiger partial charge in [-0.15, -0.1) is 0 Å². The van der Waals surface area contributed by atoms with Crippen LogP contribution in [0.15, 0.2) is 58.7 Å². The minimum absolute atomic E-state index is 0.177. The summed E-state index contributed by atoms with van der Waals surface area (Å²) in [5.74, 6) is -2.56. The van der Waals surface area contributed by atoms with Gasteiger partial charge in [-0.05, 0) is 70.4 Å². The lowest BCUT2D eigenvalue weighted by molar-refractivity contribution is -0.150. The third-order valence-electron chi connectivity index (χ3n) is 5.46. The highest BCUT2D eigenvalue weighted by Gasteiger charge is 2.28. The van der Waals surface area contributed by atoms with Crippen LogP contribution in [0.25, 0.3) is 0 Å². The maximum Gasteiger partial charge on any atom is 0.330 e. The highest BCUT2D eigenvalue weighted by molar-refractivity contribution is 7.85. The van der Waals surface area contributed by atoms with Gasteiger partial charge in [-0.2, -0.15) is 8.42 Å². The van der Waals surface area contributed by atoms with Crippen LogP contribution in [0.2, 0.25) is 0 Å². The van der Waals surface area contributed by atoms with Gasteiger partial charge in [-0.25, -0.2) is 4.79 Å². The highest BCUT2D eigenvalue weighted by Crippen LogP contribution is 2.40. The lowest BCUT2D eigenvalue weighted by atomic mass is 9.72. The number of hydrogen-bond acceptors (Lipinski definition) is 5. The lowest BCUT2D eigenvalue weighted by Gasteiger charge is -2.32. The van der Waals surface area contributed by atoms with Gasteiger partial charge in [0.05, 0.1) is 6.10 Å². The molecule has 1 aliphatic carbocycles. The molecule has 2 N–H and O–H groups in total. The first-order valence-electron chi connectivity index (χ1n) is 11.5. The Labute approximate surface area is 204 Å². The van der Waals surface area contributed by atoms with Crippen LogP contribution >= 0.6 is 0 Å². The maximum absolute atomic E-state index is 12.3. The molecule has 0 aromatic carbocycles. The molecule has 0 aromatic rings. The van der Waals surface area contributed by atoms with Crippen molar-refractivity contribution in [2.75, 3.05) is 5.75 Å². The van der Waals surface area contributed by atoms with Gasteiger partial charge in [0.25, 0.3) is 10.1 Å². The van der Waals surface area contributed by atoms with Crippen molar-refractivity contribution >= 4 is 22.0 Å². The molecule has 0 bridgehead atoms. The molecule has 0 fully saturated rings. The predicted octanol–water partition coefficient (Wildman–Crippen LogP) is 4.84. The van der Waals surface area contributed by atoms with Crippen LogP contribution < -0.4 is 5.32 Å². The number of carbonyl (C=O) groups is 2. The molecular weight excluding hydrogens is 454 g/mol. The zero-order chi connectivity index (χ0) is 26.1. The summed E-state index contributed by atoms with van der Waals surface area (Å²) in [6.45, 7) is 13.6. The number of ether oxygens (including phenoxy) is 1. The monoisotopic (exact) mass is 493 g/mol. The van der Waals surface area contributed by atoms with Crippen molar-refractivity contribution in [3.8, 4) is 0 Å². The number of nitrogens with one attached hydrogen (secondary N) is 1. The first-order chi connectivity index (χ1) is 15.6. The van der Waals surface area contributed by atoms with Crippen molar-refractivity contribution in [3.63, 3.8) is 0 Å². The van der Waals surface area contributed by atoms with Crippen molar-refractivity contribution in [1.29, 1.82) is 0 Å². The Balaban J connectivity index is 2.83. The molecule has 0 heterocycles. The molecule has 1 rings (SSSR count). The molecule has 0 saturated heterocycles. The van der Waals surface area contributed by atoms with Crippen LogP contribution in [0.5, 0.6) is 0 Å². The van der Waals surface area contributed by atoms with E-state index in [1.807, 2.05) is 19.1 Å². The number of carbonyl (C=O) groups excluding carboxylic acids is 2. The maximum atomic E-state index is 12.3. The number of allylic oxidation sites excluding steroid dienone is 9. The molecule has 1 amide bonds. The summed E-state index contributed by atoms with van der Waals surface area (Å²) in [6, 6.07) is -1.51. The average molecular weight is 494 g/mol. The van der Waals surface area contributed by atoms with Crippen molar-refractivity contribution in [3.05, 3.63) is 58.7 Å². The number of esters is 1. The van der Waals surface area contributed by atoms with Crippen LogP contribution in [0.3, 0.4) is 0 Å². The van der Waals surface area contributed by atoms with E-state index in [1.54, 1.807) is 26.8 Å². The van der Waals surface area contributed by atoms with E-state index in [-0.39, 0.29) is 5.41 Å². The molecule has 0 unspecified atom stereocenters. The molecule has 34 heavy (non-hydrogen) atoms. The normalized spacial score (nSPS) is 18.6. The van der Waals surface area contributed by atoms with E-state index in [9.17, 15) is 18.0 Å². The van der Waals surface area contributed by atoms with Crippen molar-refractivity contribution in [2.24, 2.45) is 5.41 Å². The van der Waals surface area contributed by atoms with Crippen LogP contribution in [0, 0.1) is 5.41 Å². The van der Waals surface area contributed by atoms with Gasteiger partial charge >= 0.3 is 5.97 Å². The third kappa shape index (κ3) is 11.1. The Morgan fingerprint density at radius 2 is 1.82 bits per heavy atom. The van der Waals surface area contributed by atoms with E-state index in [0.717, 1.165) is 12.0 Å². The Morgan fingerprint density at radius 1 is 1.18 bits per heavy atom. The molecule has 1 atom stereocenters. The Kier molecular flexibility index (Phi) is 11.2. The summed E-state index contributed by atoms with van der Waals surface area (Å²) in [5, 5.41) is 2.28. The molecule has 0 radical (unpaired) electrons. The highest BCUT2D eigenvalue weighted by atomic mass is 32.2. The quantitative estimate of drug-likeness (QED) is 0.195. The van der Waals surface area contributed by atoms with Gasteiger partial charge in [-0.3, -0.25) is 9.35 Å². The summed E-state index contributed by atoms with van der Waals surface area (Å²) >= 11 is 0. The minimum atomic E-state index is -4.49. The van der Waals surface area contributed by atoms with Gasteiger partial charge in [0.15, 0.2) is 0 Å². The standard InChI is InChI=1S/C26H39NO6S/c1-18(2)33-25(29)23(17-34(30,31)32)27-24(28)16-20(4)11-8-10-19(3)13-14-22-21(5)12-9-15-26(22,6)7/h8,10-11,13-14,16,18,23H,9,12,15,17H2,1-7H3,(H,27,28)(H,30,31,32)/b11-8+,14-13+,19-10+,20-16-/t23-/m1/s1. The average Bonchev–Trinajstić information content (AvgIpc) is 2.64. The second-order valence-electron chi connectivity index (χ2n) is 9.72. The van der Waals surface area contributed by atoms with Crippen LogP contribution in [0.1, 0.15) is 67.7 Å².